The first-order valence-corrected chi connectivity index (χ1v) is 14.0. The summed E-state index contributed by atoms with van der Waals surface area (Å²) in [6.07, 6.45) is -16.2. The molecule has 254 valence electrons. The van der Waals surface area contributed by atoms with Gasteiger partial charge in [-0.05, 0) is 6.92 Å². The number of nitrogens with two attached hydrogens (primary N) is 1. The highest BCUT2D eigenvalue weighted by atomic mass is 16.7. The van der Waals surface area contributed by atoms with Crippen molar-refractivity contribution < 1.29 is 73.4 Å². The molecule has 6 unspecified atom stereocenters. The second-order valence-electron chi connectivity index (χ2n) is 10.9. The van der Waals surface area contributed by atoms with Crippen LogP contribution >= 0.6 is 0 Å². The van der Waals surface area contributed by atoms with Gasteiger partial charge in [-0.25, -0.2) is 0 Å². The maximum atomic E-state index is 12.5. The minimum atomic E-state index is -1.64. The van der Waals surface area contributed by atoms with Gasteiger partial charge in [0.1, 0.15) is 67.0 Å². The summed E-state index contributed by atoms with van der Waals surface area (Å²) >= 11 is 0. The van der Waals surface area contributed by atoms with Crippen LogP contribution in [0.25, 0.3) is 0 Å². The molecule has 0 bridgehead atoms. The summed E-state index contributed by atoms with van der Waals surface area (Å²) in [6, 6.07) is -3.80. The fourth-order valence-corrected chi connectivity index (χ4v) is 5.42. The third-order valence-corrected chi connectivity index (χ3v) is 7.75. The highest BCUT2D eigenvalue weighted by Gasteiger charge is 2.54. The number of nitrogens with one attached hydrogen (secondary N) is 2. The average Bonchev–Trinajstić information content (AvgIpc) is 2.99. The fraction of sp³-hybridized carbons (Fsp3) is 0.846. The Morgan fingerprint density at radius 2 is 1.18 bits per heavy atom. The molecule has 0 aromatic rings. The van der Waals surface area contributed by atoms with Crippen LogP contribution in [0.4, 0.5) is 0 Å². The maximum Gasteiger partial charge on any atom is 0.246 e. The van der Waals surface area contributed by atoms with Crippen molar-refractivity contribution >= 4 is 11.8 Å². The van der Waals surface area contributed by atoms with E-state index in [2.05, 4.69) is 17.2 Å². The Labute approximate surface area is 253 Å². The Hall–Kier alpha value is -1.88. The molecule has 2 amide bonds. The van der Waals surface area contributed by atoms with Crippen molar-refractivity contribution in [3.63, 3.8) is 0 Å². The van der Waals surface area contributed by atoms with E-state index >= 15 is 0 Å². The van der Waals surface area contributed by atoms with Crippen LogP contribution in [0.5, 0.6) is 0 Å². The van der Waals surface area contributed by atoms with Gasteiger partial charge in [0, 0.05) is 26.7 Å². The minimum Gasteiger partial charge on any atom is -0.394 e. The van der Waals surface area contributed by atoms with Crippen molar-refractivity contribution in [1.29, 1.82) is 0 Å². The van der Waals surface area contributed by atoms with Crippen LogP contribution in [0.2, 0.25) is 0 Å². The Bertz CT molecular complexity index is 975. The van der Waals surface area contributed by atoms with E-state index in [0.29, 0.717) is 0 Å². The zero-order valence-electron chi connectivity index (χ0n) is 24.9. The van der Waals surface area contributed by atoms with Gasteiger partial charge in [-0.15, -0.1) is 0 Å². The molecule has 0 aromatic heterocycles. The highest BCUT2D eigenvalue weighted by Crippen LogP contribution is 2.32. The van der Waals surface area contributed by atoms with Crippen molar-refractivity contribution in [2.75, 3.05) is 34.0 Å². The Morgan fingerprint density at radius 1 is 0.727 bits per heavy atom. The van der Waals surface area contributed by atoms with Gasteiger partial charge in [-0.1, -0.05) is 6.58 Å². The third-order valence-electron chi connectivity index (χ3n) is 7.75. The van der Waals surface area contributed by atoms with E-state index in [4.69, 9.17) is 38.9 Å². The van der Waals surface area contributed by atoms with Gasteiger partial charge in [0.05, 0.1) is 25.9 Å². The Kier molecular flexibility index (Phi) is 13.4. The normalized spacial score (nSPS) is 42.8. The molecule has 18 nitrogen and oxygen atoms in total. The molecule has 3 aliphatic heterocycles. The van der Waals surface area contributed by atoms with Crippen LogP contribution in [0.1, 0.15) is 13.8 Å². The lowest BCUT2D eigenvalue weighted by Gasteiger charge is -2.49. The lowest BCUT2D eigenvalue weighted by Crippen LogP contribution is -2.70. The minimum absolute atomic E-state index is 0.109. The smallest absolute Gasteiger partial charge is 0.246 e. The first kappa shape index (κ1) is 36.6. The number of aliphatic hydroxyl groups is 6. The summed E-state index contributed by atoms with van der Waals surface area (Å²) in [7, 11) is 2.56. The molecule has 3 aliphatic rings. The zero-order chi connectivity index (χ0) is 32.9. The monoisotopic (exact) mass is 639 g/mol. The second kappa shape index (κ2) is 16.1. The number of carbonyl (C=O) groups is 2. The molecule has 0 aliphatic carbocycles. The summed E-state index contributed by atoms with van der Waals surface area (Å²) in [5.74, 6) is -1.15. The molecule has 3 rings (SSSR count). The van der Waals surface area contributed by atoms with Gasteiger partial charge in [0.15, 0.2) is 18.9 Å². The Balaban J connectivity index is 1.82. The van der Waals surface area contributed by atoms with Gasteiger partial charge >= 0.3 is 0 Å². The number of hydrogen-bond donors (Lipinski definition) is 9. The van der Waals surface area contributed by atoms with Gasteiger partial charge in [0.2, 0.25) is 11.8 Å². The highest BCUT2D eigenvalue weighted by molar-refractivity contribution is 5.92. The van der Waals surface area contributed by atoms with Crippen molar-refractivity contribution in [2.24, 2.45) is 5.73 Å². The first-order valence-electron chi connectivity index (χ1n) is 14.0. The van der Waals surface area contributed by atoms with Crippen LogP contribution in [-0.4, -0.2) is 168 Å². The molecule has 0 saturated carbocycles. The summed E-state index contributed by atoms with van der Waals surface area (Å²) in [6.45, 7) is 4.24. The van der Waals surface area contributed by atoms with E-state index in [0.717, 1.165) is 0 Å². The van der Waals surface area contributed by atoms with Crippen molar-refractivity contribution in [1.82, 2.24) is 10.6 Å². The van der Waals surface area contributed by atoms with E-state index in [-0.39, 0.29) is 5.57 Å². The number of methoxy groups -OCH3 is 2. The SMILES string of the molecule is C=C(C)C(=O)NC1C(O)[C@H](OC)[C@H](CO)O[C@H]1O[C@@H]1C(CO)O[C@@H](O[C@H]2C(O)C(NC(C)=O)[C@H](OC)O[C@H]2CO)C(N)[C@H]1O. The van der Waals surface area contributed by atoms with Crippen LogP contribution < -0.4 is 16.4 Å². The molecular weight excluding hydrogens is 594 g/mol. The number of aliphatic hydroxyl groups excluding tert-OH is 6. The molecule has 15 atom stereocenters. The number of hydrogen-bond acceptors (Lipinski definition) is 16. The van der Waals surface area contributed by atoms with Gasteiger partial charge in [0.25, 0.3) is 0 Å². The van der Waals surface area contributed by atoms with Gasteiger partial charge < -0.3 is 80.2 Å². The van der Waals surface area contributed by atoms with Crippen LogP contribution in [0.15, 0.2) is 12.2 Å². The van der Waals surface area contributed by atoms with Crippen molar-refractivity contribution in [3.8, 4) is 0 Å². The van der Waals surface area contributed by atoms with Crippen molar-refractivity contribution in [2.45, 2.75) is 106 Å². The standard InChI is InChI=1S/C26H45N3O15/c1-9(2)23(37)29-16-18(35)20(38-4)11(6-30)42-26(16)44-21-12(7-31)40-24(14(27)17(21)34)43-22-13(8-32)41-25(39-5)15(19(22)36)28-10(3)33/h11-22,24-26,30-32,34-36H,1,6-8,27H2,2-5H3,(H,28,33)(H,29,37)/t11-,12?,13-,14?,15?,16?,17+,18?,19?,20+,21+,22+,24-,25+,26-/m0/s1. The number of amides is 2. The number of rotatable bonds is 12. The first-order chi connectivity index (χ1) is 20.8. The topological polar surface area (TPSA) is 270 Å². The lowest BCUT2D eigenvalue weighted by atomic mass is 9.94. The van der Waals surface area contributed by atoms with E-state index in [1.165, 1.54) is 28.1 Å². The van der Waals surface area contributed by atoms with Crippen LogP contribution in [-0.2, 0) is 42.7 Å². The third kappa shape index (κ3) is 7.91. The van der Waals surface area contributed by atoms with Gasteiger partial charge in [-0.3, -0.25) is 9.59 Å². The van der Waals surface area contributed by atoms with E-state index < -0.39 is 124 Å². The van der Waals surface area contributed by atoms with E-state index in [1.807, 2.05) is 0 Å². The lowest BCUT2D eigenvalue weighted by molar-refractivity contribution is -0.351. The zero-order valence-corrected chi connectivity index (χ0v) is 24.9. The summed E-state index contributed by atoms with van der Waals surface area (Å²) in [5.41, 5.74) is 6.37. The molecule has 0 aromatic carbocycles. The molecule has 3 saturated heterocycles. The molecule has 0 radical (unpaired) electrons. The average molecular weight is 640 g/mol. The molecule has 44 heavy (non-hydrogen) atoms. The number of carbonyl (C=O) groups excluding carboxylic acids is 2. The predicted molar refractivity (Wildman–Crippen MR) is 145 cm³/mol. The molecule has 0 spiro atoms. The maximum absolute atomic E-state index is 12.5. The quantitative estimate of drug-likeness (QED) is 0.0901. The van der Waals surface area contributed by atoms with E-state index in [1.54, 1.807) is 0 Å². The summed E-state index contributed by atoms with van der Waals surface area (Å²) in [4.78, 5) is 24.2. The predicted octanol–water partition coefficient (Wildman–Crippen LogP) is -5.45. The molecule has 10 N–H and O–H groups in total. The van der Waals surface area contributed by atoms with Crippen molar-refractivity contribution in [3.05, 3.63) is 12.2 Å². The second-order valence-corrected chi connectivity index (χ2v) is 10.9. The molecular formula is C26H45N3O15. The molecule has 18 heteroatoms. The number of ether oxygens (including phenoxy) is 7. The summed E-state index contributed by atoms with van der Waals surface area (Å²) in [5, 5.41) is 68.2. The molecule has 3 fully saturated rings. The van der Waals surface area contributed by atoms with Crippen LogP contribution in [0.3, 0.4) is 0 Å². The Morgan fingerprint density at radius 3 is 1.68 bits per heavy atom. The summed E-state index contributed by atoms with van der Waals surface area (Å²) < 4.78 is 39.6. The van der Waals surface area contributed by atoms with Crippen LogP contribution in [0, 0.1) is 0 Å². The largest absolute Gasteiger partial charge is 0.394 e. The molecule has 3 heterocycles. The van der Waals surface area contributed by atoms with Gasteiger partial charge in [-0.2, -0.15) is 0 Å². The fourth-order valence-electron chi connectivity index (χ4n) is 5.42. The van der Waals surface area contributed by atoms with E-state index in [9.17, 15) is 40.2 Å².